The summed E-state index contributed by atoms with van der Waals surface area (Å²) < 4.78 is 22.0. The van der Waals surface area contributed by atoms with E-state index in [2.05, 4.69) is 26.1 Å². The number of carbonyl (C=O) groups excluding carboxylic acids is 2. The number of rotatable bonds is 13. The summed E-state index contributed by atoms with van der Waals surface area (Å²) in [6, 6.07) is 13.1. The summed E-state index contributed by atoms with van der Waals surface area (Å²) in [5.41, 5.74) is 5.76. The van der Waals surface area contributed by atoms with Crippen LogP contribution in [0, 0.1) is 0 Å². The number of allylic oxidation sites excluding steroid dienone is 1. The van der Waals surface area contributed by atoms with Crippen LogP contribution < -0.4 is 29.7 Å². The van der Waals surface area contributed by atoms with Gasteiger partial charge >= 0.3 is 0 Å². The summed E-state index contributed by atoms with van der Waals surface area (Å²) in [5.74, 6) is 0.993. The van der Waals surface area contributed by atoms with E-state index in [9.17, 15) is 14.7 Å². The predicted molar refractivity (Wildman–Crippen MR) is 160 cm³/mol. The van der Waals surface area contributed by atoms with Gasteiger partial charge in [-0.3, -0.25) is 15.0 Å². The minimum atomic E-state index is -0.309. The molecule has 0 saturated carbocycles. The van der Waals surface area contributed by atoms with Gasteiger partial charge in [0.05, 0.1) is 27.4 Å². The van der Waals surface area contributed by atoms with Crippen molar-refractivity contribution in [2.24, 2.45) is 15.3 Å². The van der Waals surface area contributed by atoms with Crippen molar-refractivity contribution in [2.75, 3.05) is 51.4 Å². The number of nitrogens with one attached hydrogen (secondary N) is 2. The number of carbonyl (C=O) groups is 2. The fourth-order valence-corrected chi connectivity index (χ4v) is 4.03. The number of ketones is 1. The molecule has 0 unspecified atom stereocenters. The Morgan fingerprint density at radius 1 is 0.837 bits per heavy atom. The molecule has 43 heavy (non-hydrogen) atoms. The summed E-state index contributed by atoms with van der Waals surface area (Å²) in [4.78, 5) is 24.5. The Balaban J connectivity index is 1.60. The highest BCUT2D eigenvalue weighted by Gasteiger charge is 2.21. The third kappa shape index (κ3) is 7.72. The van der Waals surface area contributed by atoms with Crippen LogP contribution in [-0.4, -0.2) is 68.3 Å². The highest BCUT2D eigenvalue weighted by molar-refractivity contribution is 6.52. The molecule has 0 fully saturated rings. The number of amides is 1. The van der Waals surface area contributed by atoms with E-state index in [0.717, 1.165) is 0 Å². The predicted octanol–water partition coefficient (Wildman–Crippen LogP) is 4.50. The summed E-state index contributed by atoms with van der Waals surface area (Å²) >= 11 is 0. The molecule has 0 aromatic heterocycles. The van der Waals surface area contributed by atoms with Crippen molar-refractivity contribution >= 4 is 46.2 Å². The fraction of sp³-hybridized carbons (Fsp3) is 0.233. The SMILES string of the molecule is COc1cc(OCCO)ccc1/N=N/c1cc(OCCO)c(N/N=C2/C=Cc3cc(NC(C)=O)ccc3C2=O)cc1OC. The monoisotopic (exact) mass is 589 g/mol. The lowest BCUT2D eigenvalue weighted by Crippen LogP contribution is -2.18. The minimum Gasteiger partial charge on any atom is -0.494 e. The van der Waals surface area contributed by atoms with Crippen molar-refractivity contribution < 1.29 is 38.7 Å². The zero-order chi connectivity index (χ0) is 30.8. The molecule has 0 atom stereocenters. The molecule has 4 rings (SSSR count). The van der Waals surface area contributed by atoms with Gasteiger partial charge in [-0.05, 0) is 42.0 Å². The molecule has 0 spiro atoms. The van der Waals surface area contributed by atoms with Gasteiger partial charge in [-0.2, -0.15) is 5.10 Å². The lowest BCUT2D eigenvalue weighted by atomic mass is 9.94. The molecule has 0 heterocycles. The van der Waals surface area contributed by atoms with Crippen LogP contribution in [0.3, 0.4) is 0 Å². The second-order valence-electron chi connectivity index (χ2n) is 8.95. The summed E-state index contributed by atoms with van der Waals surface area (Å²) in [6.07, 6.45) is 3.30. The molecule has 1 amide bonds. The van der Waals surface area contributed by atoms with Gasteiger partial charge in [0.15, 0.2) is 0 Å². The second kappa shape index (κ2) is 14.6. The molecule has 3 aromatic carbocycles. The number of aliphatic hydroxyl groups is 2. The molecule has 0 saturated heterocycles. The first-order valence-electron chi connectivity index (χ1n) is 13.1. The molecule has 13 nitrogen and oxygen atoms in total. The number of nitrogens with zero attached hydrogens (tertiary/aromatic N) is 3. The number of anilines is 2. The Kier molecular flexibility index (Phi) is 10.4. The number of azo groups is 1. The second-order valence-corrected chi connectivity index (χ2v) is 8.95. The number of hydrazone groups is 1. The average molecular weight is 590 g/mol. The molecule has 0 bridgehead atoms. The maximum absolute atomic E-state index is 13.1. The summed E-state index contributed by atoms with van der Waals surface area (Å²) in [7, 11) is 2.95. The molecule has 3 aromatic rings. The Bertz CT molecular complexity index is 1580. The number of aliphatic hydroxyl groups excluding tert-OH is 2. The highest BCUT2D eigenvalue weighted by Crippen LogP contribution is 2.40. The minimum absolute atomic E-state index is 0.0138. The first-order chi connectivity index (χ1) is 20.9. The number of benzene rings is 3. The number of ether oxygens (including phenoxy) is 4. The van der Waals surface area contributed by atoms with E-state index in [0.29, 0.717) is 51.1 Å². The van der Waals surface area contributed by atoms with E-state index in [1.165, 1.54) is 21.1 Å². The third-order valence-electron chi connectivity index (χ3n) is 5.97. The molecule has 1 aliphatic rings. The van der Waals surface area contributed by atoms with Crippen LogP contribution in [0.4, 0.5) is 22.7 Å². The van der Waals surface area contributed by atoms with Crippen LogP contribution >= 0.6 is 0 Å². The molecule has 0 radical (unpaired) electrons. The van der Waals surface area contributed by atoms with Gasteiger partial charge in [-0.15, -0.1) is 10.2 Å². The van der Waals surface area contributed by atoms with Crippen molar-refractivity contribution in [1.82, 2.24) is 0 Å². The average Bonchev–Trinajstić information content (AvgIpc) is 3.01. The van der Waals surface area contributed by atoms with Gasteiger partial charge in [0.25, 0.3) is 0 Å². The first-order valence-corrected chi connectivity index (χ1v) is 13.1. The third-order valence-corrected chi connectivity index (χ3v) is 5.97. The van der Waals surface area contributed by atoms with E-state index < -0.39 is 0 Å². The van der Waals surface area contributed by atoms with Crippen LogP contribution in [0.25, 0.3) is 6.08 Å². The van der Waals surface area contributed by atoms with E-state index >= 15 is 0 Å². The molecule has 4 N–H and O–H groups in total. The van der Waals surface area contributed by atoms with Crippen LogP contribution in [0.5, 0.6) is 23.0 Å². The number of Topliss-reactive ketones (excluding diaryl/α,β-unsaturated/α-hetero) is 1. The molecular weight excluding hydrogens is 558 g/mol. The van der Waals surface area contributed by atoms with Crippen LogP contribution in [0.2, 0.25) is 0 Å². The van der Waals surface area contributed by atoms with Gasteiger partial charge in [0.1, 0.15) is 59.0 Å². The smallest absolute Gasteiger partial charge is 0.221 e. The largest absolute Gasteiger partial charge is 0.494 e. The Hall–Kier alpha value is -5.27. The van der Waals surface area contributed by atoms with Crippen molar-refractivity contribution in [1.29, 1.82) is 0 Å². The standard InChI is InChI=1S/C30H31N5O8/c1-18(38)31-20-5-7-22-19(14-20)4-8-24(30(22)39)33-35-26-16-28(41-3)25(17-29(26)43-13-11-37)34-32-23-9-6-21(42-12-10-36)15-27(23)40-2/h4-9,14-17,35-37H,10-13H2,1-3H3,(H,31,38)/b33-24-,34-32+. The van der Waals surface area contributed by atoms with E-state index in [-0.39, 0.29) is 49.6 Å². The van der Waals surface area contributed by atoms with Crippen molar-refractivity contribution in [3.05, 3.63) is 65.7 Å². The van der Waals surface area contributed by atoms with Gasteiger partial charge in [-0.1, -0.05) is 6.08 Å². The Labute approximate surface area is 247 Å². The summed E-state index contributed by atoms with van der Waals surface area (Å²) in [6.45, 7) is 1.18. The fourth-order valence-electron chi connectivity index (χ4n) is 4.03. The maximum atomic E-state index is 13.1. The topological polar surface area (TPSA) is 173 Å². The van der Waals surface area contributed by atoms with Crippen LogP contribution in [-0.2, 0) is 4.79 Å². The Morgan fingerprint density at radius 3 is 2.28 bits per heavy atom. The van der Waals surface area contributed by atoms with Crippen molar-refractivity contribution in [3.8, 4) is 23.0 Å². The highest BCUT2D eigenvalue weighted by atomic mass is 16.5. The number of methoxy groups -OCH3 is 2. The first kappa shape index (κ1) is 30.7. The molecule has 224 valence electrons. The summed E-state index contributed by atoms with van der Waals surface area (Å²) in [5, 5.41) is 33.9. The van der Waals surface area contributed by atoms with E-state index in [1.54, 1.807) is 60.7 Å². The van der Waals surface area contributed by atoms with Crippen LogP contribution in [0.1, 0.15) is 22.8 Å². The number of fused-ring (bicyclic) bond motifs is 1. The molecular formula is C30H31N5O8. The van der Waals surface area contributed by atoms with Gasteiger partial charge in [0.2, 0.25) is 11.7 Å². The van der Waals surface area contributed by atoms with Crippen molar-refractivity contribution in [3.63, 3.8) is 0 Å². The van der Waals surface area contributed by atoms with Gasteiger partial charge in [-0.25, -0.2) is 0 Å². The molecule has 13 heteroatoms. The van der Waals surface area contributed by atoms with Crippen LogP contribution in [0.15, 0.2) is 69.9 Å². The lowest BCUT2D eigenvalue weighted by molar-refractivity contribution is -0.114. The van der Waals surface area contributed by atoms with Crippen molar-refractivity contribution in [2.45, 2.75) is 6.92 Å². The maximum Gasteiger partial charge on any atom is 0.221 e. The molecule has 1 aliphatic carbocycles. The van der Waals surface area contributed by atoms with Gasteiger partial charge in [0, 0.05) is 36.4 Å². The Morgan fingerprint density at radius 2 is 1.56 bits per heavy atom. The zero-order valence-corrected chi connectivity index (χ0v) is 23.8. The zero-order valence-electron chi connectivity index (χ0n) is 23.8. The lowest BCUT2D eigenvalue weighted by Gasteiger charge is -2.15. The quantitative estimate of drug-likeness (QED) is 0.165. The van der Waals surface area contributed by atoms with Gasteiger partial charge < -0.3 is 34.5 Å². The molecule has 0 aliphatic heterocycles. The normalized spacial score (nSPS) is 13.1. The number of hydrogen-bond acceptors (Lipinski definition) is 12. The van der Waals surface area contributed by atoms with E-state index in [4.69, 9.17) is 24.1 Å². The number of hydrogen-bond donors (Lipinski definition) is 4. The van der Waals surface area contributed by atoms with E-state index in [1.807, 2.05) is 0 Å².